The van der Waals surface area contributed by atoms with E-state index in [9.17, 15) is 9.18 Å². The number of rotatable bonds is 3. The Balaban J connectivity index is 0.00000180. The van der Waals surface area contributed by atoms with Crippen LogP contribution in [0.1, 0.15) is 24.8 Å². The molecule has 0 aromatic heterocycles. The van der Waals surface area contributed by atoms with Gasteiger partial charge in [0.2, 0.25) is 5.91 Å². The number of piperidine rings is 1. The molecule has 1 saturated heterocycles. The molecule has 19 heavy (non-hydrogen) atoms. The highest BCUT2D eigenvalue weighted by Crippen LogP contribution is 2.18. The number of hydrogen-bond donors (Lipinski definition) is 2. The summed E-state index contributed by atoms with van der Waals surface area (Å²) in [4.78, 5) is 11.9. The van der Waals surface area contributed by atoms with Crippen LogP contribution in [0.4, 0.5) is 4.39 Å². The van der Waals surface area contributed by atoms with Crippen molar-refractivity contribution in [3.8, 4) is 0 Å². The summed E-state index contributed by atoms with van der Waals surface area (Å²) >= 11 is 3.29. The molecule has 1 fully saturated rings. The Morgan fingerprint density at radius 3 is 2.89 bits per heavy atom. The minimum absolute atomic E-state index is 0. The Hall–Kier alpha value is -0.650. The van der Waals surface area contributed by atoms with E-state index >= 15 is 0 Å². The number of benzene rings is 1. The summed E-state index contributed by atoms with van der Waals surface area (Å²) in [5, 5.41) is 6.07. The first-order chi connectivity index (χ1) is 8.66. The van der Waals surface area contributed by atoms with Crippen molar-refractivity contribution < 1.29 is 9.18 Å². The lowest BCUT2D eigenvalue weighted by Gasteiger charge is -2.22. The number of halogens is 3. The van der Waals surface area contributed by atoms with Crippen molar-refractivity contribution in [2.24, 2.45) is 0 Å². The highest BCUT2D eigenvalue weighted by atomic mass is 79.9. The number of nitrogens with one attached hydrogen (secondary N) is 2. The van der Waals surface area contributed by atoms with E-state index in [1.165, 1.54) is 12.1 Å². The smallest absolute Gasteiger partial charge is 0.237 e. The van der Waals surface area contributed by atoms with Crippen LogP contribution in [0, 0.1) is 5.82 Å². The van der Waals surface area contributed by atoms with E-state index in [1.807, 2.05) is 0 Å². The van der Waals surface area contributed by atoms with Crippen molar-refractivity contribution in [3.05, 3.63) is 34.1 Å². The van der Waals surface area contributed by atoms with Crippen molar-refractivity contribution in [1.82, 2.24) is 10.6 Å². The van der Waals surface area contributed by atoms with Gasteiger partial charge in [-0.15, -0.1) is 12.4 Å². The normalized spacial score (nSPS) is 18.5. The highest BCUT2D eigenvalue weighted by molar-refractivity contribution is 9.10. The average Bonchev–Trinajstić information content (AvgIpc) is 2.38. The topological polar surface area (TPSA) is 41.1 Å². The van der Waals surface area contributed by atoms with Gasteiger partial charge in [0.15, 0.2) is 0 Å². The van der Waals surface area contributed by atoms with Crippen molar-refractivity contribution in [2.45, 2.75) is 31.8 Å². The van der Waals surface area contributed by atoms with E-state index in [1.54, 1.807) is 6.07 Å². The number of amides is 1. The Bertz CT molecular complexity index is 439. The molecule has 0 aliphatic carbocycles. The zero-order chi connectivity index (χ0) is 13.0. The molecule has 2 N–H and O–H groups in total. The molecule has 2 rings (SSSR count). The van der Waals surface area contributed by atoms with Gasteiger partial charge in [0.1, 0.15) is 5.82 Å². The summed E-state index contributed by atoms with van der Waals surface area (Å²) < 4.78 is 13.6. The molecule has 0 bridgehead atoms. The van der Waals surface area contributed by atoms with Gasteiger partial charge in [-0.25, -0.2) is 4.39 Å². The summed E-state index contributed by atoms with van der Waals surface area (Å²) in [5.74, 6) is -0.267. The van der Waals surface area contributed by atoms with Gasteiger partial charge < -0.3 is 10.6 Å². The van der Waals surface area contributed by atoms with Crippen molar-refractivity contribution in [2.75, 3.05) is 6.54 Å². The fourth-order valence-electron chi connectivity index (χ4n) is 2.05. The number of carbonyl (C=O) groups excluding carboxylic acids is 1. The maximum atomic E-state index is 12.9. The SMILES string of the molecule is Cl.O=C(NCc1ccc(F)cc1Br)C1CCCCN1. The molecule has 1 aliphatic heterocycles. The molecule has 1 aromatic carbocycles. The van der Waals surface area contributed by atoms with E-state index in [0.717, 1.165) is 31.4 Å². The summed E-state index contributed by atoms with van der Waals surface area (Å²) in [6.07, 6.45) is 3.11. The Labute approximate surface area is 126 Å². The zero-order valence-corrected chi connectivity index (χ0v) is 12.8. The van der Waals surface area contributed by atoms with Gasteiger partial charge in [-0.2, -0.15) is 0 Å². The predicted molar refractivity (Wildman–Crippen MR) is 78.8 cm³/mol. The second kappa shape index (κ2) is 7.82. The molecule has 0 saturated carbocycles. The molecule has 0 spiro atoms. The van der Waals surface area contributed by atoms with Crippen LogP contribution in [-0.2, 0) is 11.3 Å². The van der Waals surface area contributed by atoms with Crippen molar-refractivity contribution in [3.63, 3.8) is 0 Å². The van der Waals surface area contributed by atoms with Crippen LogP contribution in [0.5, 0.6) is 0 Å². The molecule has 1 heterocycles. The third kappa shape index (κ3) is 4.75. The Kier molecular flexibility index (Phi) is 6.75. The minimum atomic E-state index is -0.286. The van der Waals surface area contributed by atoms with E-state index in [2.05, 4.69) is 26.6 Å². The van der Waals surface area contributed by atoms with E-state index in [0.29, 0.717) is 11.0 Å². The van der Waals surface area contributed by atoms with Gasteiger partial charge in [0.25, 0.3) is 0 Å². The van der Waals surface area contributed by atoms with Gasteiger partial charge in [-0.05, 0) is 37.1 Å². The molecular weight excluding hydrogens is 335 g/mol. The summed E-state index contributed by atoms with van der Waals surface area (Å²) in [7, 11) is 0. The first-order valence-electron chi connectivity index (χ1n) is 6.12. The molecular formula is C13H17BrClFN2O. The number of hydrogen-bond acceptors (Lipinski definition) is 2. The second-order valence-corrected chi connectivity index (χ2v) is 5.31. The largest absolute Gasteiger partial charge is 0.351 e. The third-order valence-electron chi connectivity index (χ3n) is 3.09. The van der Waals surface area contributed by atoms with Crippen LogP contribution in [0.25, 0.3) is 0 Å². The van der Waals surface area contributed by atoms with Crippen LogP contribution >= 0.6 is 28.3 Å². The fourth-order valence-corrected chi connectivity index (χ4v) is 2.54. The van der Waals surface area contributed by atoms with E-state index in [4.69, 9.17) is 0 Å². The molecule has 1 atom stereocenters. The van der Waals surface area contributed by atoms with Crippen LogP contribution in [0.15, 0.2) is 22.7 Å². The number of carbonyl (C=O) groups is 1. The monoisotopic (exact) mass is 350 g/mol. The van der Waals surface area contributed by atoms with Gasteiger partial charge in [-0.3, -0.25) is 4.79 Å². The van der Waals surface area contributed by atoms with Gasteiger partial charge in [0.05, 0.1) is 6.04 Å². The zero-order valence-electron chi connectivity index (χ0n) is 10.4. The van der Waals surface area contributed by atoms with Crippen LogP contribution in [0.3, 0.4) is 0 Å². The summed E-state index contributed by atoms with van der Waals surface area (Å²) in [6.45, 7) is 1.32. The van der Waals surface area contributed by atoms with Crippen molar-refractivity contribution >= 4 is 34.2 Å². The Morgan fingerprint density at radius 2 is 2.26 bits per heavy atom. The second-order valence-electron chi connectivity index (χ2n) is 4.46. The van der Waals surface area contributed by atoms with Crippen LogP contribution in [-0.4, -0.2) is 18.5 Å². The predicted octanol–water partition coefficient (Wildman–Crippen LogP) is 2.77. The lowest BCUT2D eigenvalue weighted by atomic mass is 10.0. The maximum absolute atomic E-state index is 12.9. The quantitative estimate of drug-likeness (QED) is 0.879. The fraction of sp³-hybridized carbons (Fsp3) is 0.462. The van der Waals surface area contributed by atoms with Crippen LogP contribution < -0.4 is 10.6 Å². The molecule has 1 aromatic rings. The molecule has 0 radical (unpaired) electrons. The lowest BCUT2D eigenvalue weighted by molar-refractivity contribution is -0.123. The molecule has 1 amide bonds. The average molecular weight is 352 g/mol. The first kappa shape index (κ1) is 16.4. The van der Waals surface area contributed by atoms with Gasteiger partial charge >= 0.3 is 0 Å². The molecule has 106 valence electrons. The van der Waals surface area contributed by atoms with Gasteiger partial charge in [-0.1, -0.05) is 28.4 Å². The molecule has 3 nitrogen and oxygen atoms in total. The lowest BCUT2D eigenvalue weighted by Crippen LogP contribution is -2.46. The third-order valence-corrected chi connectivity index (χ3v) is 3.83. The first-order valence-corrected chi connectivity index (χ1v) is 6.91. The maximum Gasteiger partial charge on any atom is 0.237 e. The summed E-state index contributed by atoms with van der Waals surface area (Å²) in [6, 6.07) is 4.39. The Morgan fingerprint density at radius 1 is 1.47 bits per heavy atom. The van der Waals surface area contributed by atoms with E-state index in [-0.39, 0.29) is 30.2 Å². The van der Waals surface area contributed by atoms with Gasteiger partial charge in [0, 0.05) is 11.0 Å². The standard InChI is InChI=1S/C13H16BrFN2O.ClH/c14-11-7-10(15)5-4-9(11)8-17-13(18)12-3-1-2-6-16-12;/h4-5,7,12,16H,1-3,6,8H2,(H,17,18);1H. The minimum Gasteiger partial charge on any atom is -0.351 e. The van der Waals surface area contributed by atoms with Crippen molar-refractivity contribution in [1.29, 1.82) is 0 Å². The molecule has 6 heteroatoms. The highest BCUT2D eigenvalue weighted by Gasteiger charge is 2.20. The van der Waals surface area contributed by atoms with E-state index < -0.39 is 0 Å². The molecule has 1 aliphatic rings. The molecule has 1 unspecified atom stereocenters. The van der Waals surface area contributed by atoms with Crippen LogP contribution in [0.2, 0.25) is 0 Å². The summed E-state index contributed by atoms with van der Waals surface area (Å²) in [5.41, 5.74) is 0.876.